The second kappa shape index (κ2) is 7.27. The van der Waals surface area contributed by atoms with E-state index in [-0.39, 0.29) is 22.2 Å². The highest BCUT2D eigenvalue weighted by molar-refractivity contribution is 6.31. The van der Waals surface area contributed by atoms with Gasteiger partial charge in [0.25, 0.3) is 5.78 Å². The molecular weight excluding hydrogens is 440 g/mol. The van der Waals surface area contributed by atoms with Gasteiger partial charge in [-0.05, 0) is 31.5 Å². The number of halogens is 7. The summed E-state index contributed by atoms with van der Waals surface area (Å²) in [5, 5.41) is 16.7. The van der Waals surface area contributed by atoms with Crippen LogP contribution in [0.3, 0.4) is 0 Å². The van der Waals surface area contributed by atoms with Gasteiger partial charge in [-0.1, -0.05) is 17.7 Å². The summed E-state index contributed by atoms with van der Waals surface area (Å²) in [7, 11) is 0. The first kappa shape index (κ1) is 22.1. The molecule has 2 N–H and O–H groups in total. The fourth-order valence-corrected chi connectivity index (χ4v) is 3.07. The molecule has 0 unspecified atom stereocenters. The molecule has 0 spiro atoms. The van der Waals surface area contributed by atoms with Gasteiger partial charge in [-0.3, -0.25) is 0 Å². The van der Waals surface area contributed by atoms with Crippen molar-refractivity contribution in [3.05, 3.63) is 52.4 Å². The van der Waals surface area contributed by atoms with E-state index in [9.17, 15) is 31.4 Å². The molecule has 1 aromatic carbocycles. The molecule has 0 aliphatic heterocycles. The number of nitrogens with zero attached hydrogens (tertiary/aromatic N) is 4. The number of aromatic nitrogens is 4. The lowest BCUT2D eigenvalue weighted by Gasteiger charge is -2.32. The van der Waals surface area contributed by atoms with Gasteiger partial charge in [0.05, 0.1) is 17.2 Å². The summed E-state index contributed by atoms with van der Waals surface area (Å²) in [5.41, 5.74) is -3.89. The highest BCUT2D eigenvalue weighted by Crippen LogP contribution is 2.38. The standard InChI is InChI=1S/C17H14ClF6N5O/c1-15(2,30)13(9-4-3-8(5-10(9)18)16(19,20)21)28-12-6-11(17(22,23)24)27-14-25-7-26-29(12)14/h3-7,13,28,30H,1-2H3/t13-/m0/s1. The van der Waals surface area contributed by atoms with Gasteiger partial charge in [0.1, 0.15) is 12.1 Å². The zero-order valence-electron chi connectivity index (χ0n) is 15.3. The van der Waals surface area contributed by atoms with Crippen molar-refractivity contribution in [2.75, 3.05) is 5.32 Å². The maximum atomic E-state index is 13.2. The Morgan fingerprint density at radius 1 is 1.07 bits per heavy atom. The van der Waals surface area contributed by atoms with Crippen LogP contribution in [0.2, 0.25) is 5.02 Å². The number of fused-ring (bicyclic) bond motifs is 1. The molecule has 13 heteroatoms. The minimum absolute atomic E-state index is 0.0378. The van der Waals surface area contributed by atoms with E-state index < -0.39 is 35.3 Å². The Bertz CT molecular complexity index is 1070. The van der Waals surface area contributed by atoms with E-state index in [1.807, 2.05) is 0 Å². The van der Waals surface area contributed by atoms with Gasteiger partial charge in [0.15, 0.2) is 5.69 Å². The molecule has 0 amide bonds. The molecule has 3 rings (SSSR count). The third-order valence-electron chi connectivity index (χ3n) is 4.18. The van der Waals surface area contributed by atoms with Crippen molar-refractivity contribution in [2.24, 2.45) is 0 Å². The van der Waals surface area contributed by atoms with Gasteiger partial charge >= 0.3 is 12.4 Å². The first-order valence-corrected chi connectivity index (χ1v) is 8.69. The quantitative estimate of drug-likeness (QED) is 0.558. The molecule has 0 radical (unpaired) electrons. The van der Waals surface area contributed by atoms with Crippen LogP contribution in [-0.4, -0.2) is 30.3 Å². The van der Waals surface area contributed by atoms with Crippen LogP contribution in [-0.2, 0) is 12.4 Å². The van der Waals surface area contributed by atoms with Crippen molar-refractivity contribution in [2.45, 2.75) is 37.8 Å². The number of alkyl halides is 6. The zero-order chi connectivity index (χ0) is 22.5. The highest BCUT2D eigenvalue weighted by atomic mass is 35.5. The Morgan fingerprint density at radius 2 is 1.73 bits per heavy atom. The molecule has 0 saturated heterocycles. The number of anilines is 1. The second-order valence-electron chi connectivity index (χ2n) is 6.96. The summed E-state index contributed by atoms with van der Waals surface area (Å²) in [5.74, 6) is -0.603. The Labute approximate surface area is 170 Å². The number of benzene rings is 1. The number of aliphatic hydroxyl groups is 1. The van der Waals surface area contributed by atoms with Gasteiger partial charge in [-0.15, -0.1) is 0 Å². The molecule has 2 heterocycles. The topological polar surface area (TPSA) is 75.3 Å². The molecule has 0 bridgehead atoms. The summed E-state index contributed by atoms with van der Waals surface area (Å²) in [6.07, 6.45) is -8.45. The molecule has 0 aliphatic carbocycles. The third-order valence-corrected chi connectivity index (χ3v) is 4.51. The van der Waals surface area contributed by atoms with Crippen LogP contribution < -0.4 is 5.32 Å². The summed E-state index contributed by atoms with van der Waals surface area (Å²) < 4.78 is 79.3. The van der Waals surface area contributed by atoms with Gasteiger partial charge in [-0.25, -0.2) is 4.98 Å². The van der Waals surface area contributed by atoms with Crippen LogP contribution in [0.25, 0.3) is 5.78 Å². The predicted molar refractivity (Wildman–Crippen MR) is 94.9 cm³/mol. The lowest BCUT2D eigenvalue weighted by Crippen LogP contribution is -2.35. The monoisotopic (exact) mass is 453 g/mol. The van der Waals surface area contributed by atoms with Crippen molar-refractivity contribution in [3.8, 4) is 0 Å². The maximum absolute atomic E-state index is 13.2. The second-order valence-corrected chi connectivity index (χ2v) is 7.37. The highest BCUT2D eigenvalue weighted by Gasteiger charge is 2.37. The SMILES string of the molecule is CC(C)(O)[C@@H](Nc1cc(C(F)(F)F)nc2ncnn12)c1ccc(C(F)(F)F)cc1Cl. The lowest BCUT2D eigenvalue weighted by atomic mass is 9.91. The Balaban J connectivity index is 2.11. The van der Waals surface area contributed by atoms with Crippen LogP contribution in [0.15, 0.2) is 30.6 Å². The molecule has 162 valence electrons. The van der Waals surface area contributed by atoms with E-state index in [4.69, 9.17) is 11.6 Å². The maximum Gasteiger partial charge on any atom is 0.433 e. The van der Waals surface area contributed by atoms with Gasteiger partial charge in [0.2, 0.25) is 0 Å². The minimum atomic E-state index is -4.79. The molecule has 30 heavy (non-hydrogen) atoms. The molecule has 0 aliphatic rings. The van der Waals surface area contributed by atoms with Crippen molar-refractivity contribution >= 4 is 23.2 Å². The smallest absolute Gasteiger partial charge is 0.388 e. The molecule has 3 aromatic rings. The van der Waals surface area contributed by atoms with Crippen LogP contribution in [0, 0.1) is 0 Å². The van der Waals surface area contributed by atoms with E-state index in [1.165, 1.54) is 13.8 Å². The van der Waals surface area contributed by atoms with Crippen LogP contribution in [0.5, 0.6) is 0 Å². The number of hydrogen-bond donors (Lipinski definition) is 2. The van der Waals surface area contributed by atoms with Crippen LogP contribution >= 0.6 is 11.6 Å². The van der Waals surface area contributed by atoms with E-state index in [0.717, 1.165) is 23.0 Å². The first-order valence-electron chi connectivity index (χ1n) is 8.31. The van der Waals surface area contributed by atoms with E-state index in [0.29, 0.717) is 12.1 Å². The number of rotatable bonds is 4. The molecular formula is C17H14ClF6N5O. The fourth-order valence-electron chi connectivity index (χ4n) is 2.78. The van der Waals surface area contributed by atoms with Crippen molar-refractivity contribution < 1.29 is 31.4 Å². The van der Waals surface area contributed by atoms with Crippen molar-refractivity contribution in [3.63, 3.8) is 0 Å². The molecule has 0 saturated carbocycles. The lowest BCUT2D eigenvalue weighted by molar-refractivity contribution is -0.141. The first-order chi connectivity index (χ1) is 13.7. The Kier molecular flexibility index (Phi) is 5.35. The van der Waals surface area contributed by atoms with E-state index in [2.05, 4.69) is 20.4 Å². The zero-order valence-corrected chi connectivity index (χ0v) is 16.1. The summed E-state index contributed by atoms with van der Waals surface area (Å²) in [4.78, 5) is 7.02. The van der Waals surface area contributed by atoms with Crippen molar-refractivity contribution in [1.82, 2.24) is 19.6 Å². The molecule has 1 atom stereocenters. The average Bonchev–Trinajstić information content (AvgIpc) is 3.06. The summed E-state index contributed by atoms with van der Waals surface area (Å²) in [6.45, 7) is 2.64. The van der Waals surface area contributed by atoms with E-state index in [1.54, 1.807) is 0 Å². The van der Waals surface area contributed by atoms with Gasteiger partial charge in [0, 0.05) is 11.1 Å². The molecule has 0 fully saturated rings. The molecule has 2 aromatic heterocycles. The fraction of sp³-hybridized carbons (Fsp3) is 0.353. The Morgan fingerprint density at radius 3 is 2.27 bits per heavy atom. The summed E-state index contributed by atoms with van der Waals surface area (Å²) >= 11 is 6.03. The largest absolute Gasteiger partial charge is 0.433 e. The number of nitrogens with one attached hydrogen (secondary N) is 1. The predicted octanol–water partition coefficient (Wildman–Crippen LogP) is 4.74. The summed E-state index contributed by atoms with van der Waals surface area (Å²) in [6, 6.07) is 1.93. The van der Waals surface area contributed by atoms with E-state index >= 15 is 0 Å². The van der Waals surface area contributed by atoms with Crippen molar-refractivity contribution in [1.29, 1.82) is 0 Å². The molecule has 6 nitrogen and oxygen atoms in total. The minimum Gasteiger partial charge on any atom is -0.388 e. The Hall–Kier alpha value is -2.60. The third kappa shape index (κ3) is 4.43. The average molecular weight is 454 g/mol. The van der Waals surface area contributed by atoms with Gasteiger partial charge < -0.3 is 10.4 Å². The normalized spacial score (nSPS) is 14.2. The number of hydrogen-bond acceptors (Lipinski definition) is 5. The van der Waals surface area contributed by atoms with Crippen LogP contribution in [0.4, 0.5) is 32.2 Å². The van der Waals surface area contributed by atoms with Crippen LogP contribution in [0.1, 0.15) is 36.7 Å². The van der Waals surface area contributed by atoms with Gasteiger partial charge in [-0.2, -0.15) is 40.9 Å².